The van der Waals surface area contributed by atoms with Gasteiger partial charge in [-0.3, -0.25) is 14.3 Å². The maximum Gasteiger partial charge on any atom is 0.270 e. The van der Waals surface area contributed by atoms with Crippen LogP contribution in [0.5, 0.6) is 5.75 Å². The van der Waals surface area contributed by atoms with E-state index in [0.717, 1.165) is 5.56 Å². The van der Waals surface area contributed by atoms with E-state index in [2.05, 4.69) is 27.6 Å². The van der Waals surface area contributed by atoms with Gasteiger partial charge in [-0.2, -0.15) is 5.10 Å². The van der Waals surface area contributed by atoms with E-state index in [1.165, 1.54) is 23.7 Å². The fourth-order valence-electron chi connectivity index (χ4n) is 2.76. The first-order valence-electron chi connectivity index (χ1n) is 9.47. The van der Waals surface area contributed by atoms with Crippen molar-refractivity contribution in [2.75, 3.05) is 18.5 Å². The van der Waals surface area contributed by atoms with Gasteiger partial charge in [0.05, 0.1) is 12.2 Å². The summed E-state index contributed by atoms with van der Waals surface area (Å²) >= 11 is 0. The number of carbonyl (C=O) groups excluding carboxylic acids is 2. The quantitative estimate of drug-likeness (QED) is 0.601. The maximum absolute atomic E-state index is 13.1. The van der Waals surface area contributed by atoms with Crippen molar-refractivity contribution in [2.45, 2.75) is 6.92 Å². The molecule has 0 spiro atoms. The fourth-order valence-corrected chi connectivity index (χ4v) is 2.76. The van der Waals surface area contributed by atoms with E-state index in [0.29, 0.717) is 22.8 Å². The molecule has 0 radical (unpaired) electrons. The van der Waals surface area contributed by atoms with Crippen molar-refractivity contribution in [1.82, 2.24) is 15.1 Å². The van der Waals surface area contributed by atoms with Crippen molar-refractivity contribution in [3.63, 3.8) is 0 Å². The molecule has 3 aromatic rings. The molecular weight excluding hydrogens is 399 g/mol. The highest BCUT2D eigenvalue weighted by Crippen LogP contribution is 2.19. The second kappa shape index (κ2) is 10.1. The minimum atomic E-state index is -0.333. The van der Waals surface area contributed by atoms with Crippen LogP contribution in [0.15, 0.2) is 54.6 Å². The predicted octanol–water partition coefficient (Wildman–Crippen LogP) is 3.00. The largest absolute Gasteiger partial charge is 0.481 e. The van der Waals surface area contributed by atoms with Crippen LogP contribution in [0.1, 0.15) is 17.4 Å². The Morgan fingerprint density at radius 2 is 1.90 bits per heavy atom. The normalized spacial score (nSPS) is 10.0. The van der Waals surface area contributed by atoms with E-state index in [1.54, 1.807) is 49.5 Å². The fraction of sp³-hybridized carbons (Fsp3) is 0.174. The van der Waals surface area contributed by atoms with Crippen molar-refractivity contribution in [3.8, 4) is 28.8 Å². The van der Waals surface area contributed by atoms with Gasteiger partial charge in [0.1, 0.15) is 23.9 Å². The minimum Gasteiger partial charge on any atom is -0.481 e. The molecule has 31 heavy (non-hydrogen) atoms. The molecule has 8 heteroatoms. The zero-order chi connectivity index (χ0) is 22.2. The van der Waals surface area contributed by atoms with Crippen LogP contribution in [0, 0.1) is 17.7 Å². The summed E-state index contributed by atoms with van der Waals surface area (Å²) in [7, 11) is 1.66. The van der Waals surface area contributed by atoms with E-state index in [4.69, 9.17) is 4.74 Å². The molecule has 2 aromatic carbocycles. The molecule has 0 aliphatic heterocycles. The Hall–Kier alpha value is -4.12. The number of amides is 2. The number of halogens is 1. The van der Waals surface area contributed by atoms with Gasteiger partial charge < -0.3 is 15.4 Å². The van der Waals surface area contributed by atoms with E-state index < -0.39 is 0 Å². The third-order valence-electron chi connectivity index (χ3n) is 4.18. The molecular formula is C23H21FN4O3. The topological polar surface area (TPSA) is 85.2 Å². The Labute approximate surface area is 179 Å². The van der Waals surface area contributed by atoms with E-state index in [9.17, 15) is 14.0 Å². The van der Waals surface area contributed by atoms with Crippen LogP contribution < -0.4 is 15.4 Å². The number of aryl methyl sites for hydroxylation is 1. The lowest BCUT2D eigenvalue weighted by molar-refractivity contribution is -0.114. The smallest absolute Gasteiger partial charge is 0.270 e. The minimum absolute atomic E-state index is 0.139. The molecule has 158 valence electrons. The zero-order valence-electron chi connectivity index (χ0n) is 17.1. The second-order valence-corrected chi connectivity index (χ2v) is 6.58. The zero-order valence-corrected chi connectivity index (χ0v) is 17.1. The predicted molar refractivity (Wildman–Crippen MR) is 115 cm³/mol. The Bertz CT molecular complexity index is 1140. The van der Waals surface area contributed by atoms with E-state index in [-0.39, 0.29) is 30.8 Å². The average Bonchev–Trinajstić information content (AvgIpc) is 3.12. The van der Waals surface area contributed by atoms with Gasteiger partial charge in [-0.1, -0.05) is 17.9 Å². The van der Waals surface area contributed by atoms with Gasteiger partial charge in [0.15, 0.2) is 0 Å². The number of carbonyl (C=O) groups is 2. The van der Waals surface area contributed by atoms with Gasteiger partial charge in [-0.05, 0) is 42.5 Å². The molecule has 0 atom stereocenters. The lowest BCUT2D eigenvalue weighted by Crippen LogP contribution is -2.25. The lowest BCUT2D eigenvalue weighted by atomic mass is 10.1. The summed E-state index contributed by atoms with van der Waals surface area (Å²) in [5, 5.41) is 9.68. The molecule has 0 bridgehead atoms. The molecule has 1 heterocycles. The Morgan fingerprint density at radius 3 is 2.65 bits per heavy atom. The summed E-state index contributed by atoms with van der Waals surface area (Å²) in [6.45, 7) is 1.72. The summed E-state index contributed by atoms with van der Waals surface area (Å²) in [5.74, 6) is 5.40. The Balaban J connectivity index is 1.49. The number of hydrogen-bond acceptors (Lipinski definition) is 4. The summed E-state index contributed by atoms with van der Waals surface area (Å²) < 4.78 is 20.1. The van der Waals surface area contributed by atoms with Crippen LogP contribution in [0.4, 0.5) is 10.1 Å². The van der Waals surface area contributed by atoms with Gasteiger partial charge >= 0.3 is 0 Å². The van der Waals surface area contributed by atoms with Crippen LogP contribution in [0.3, 0.4) is 0 Å². The number of anilines is 1. The number of benzene rings is 2. The summed E-state index contributed by atoms with van der Waals surface area (Å²) in [4.78, 5) is 23.5. The Kier molecular flexibility index (Phi) is 7.01. The van der Waals surface area contributed by atoms with Crippen LogP contribution in [0.2, 0.25) is 0 Å². The lowest BCUT2D eigenvalue weighted by Gasteiger charge is -2.05. The SMILES string of the molecule is CC(=O)Nc1cccc(OCC#CCNC(=O)c2cc(-c3ccc(F)cc3)nn2C)c1. The summed E-state index contributed by atoms with van der Waals surface area (Å²) in [6.07, 6.45) is 0. The number of hydrogen-bond donors (Lipinski definition) is 2. The highest BCUT2D eigenvalue weighted by Gasteiger charge is 2.13. The van der Waals surface area contributed by atoms with Crippen LogP contribution in [-0.2, 0) is 11.8 Å². The number of ether oxygens (including phenoxy) is 1. The molecule has 0 fully saturated rings. The van der Waals surface area contributed by atoms with Crippen molar-refractivity contribution in [2.24, 2.45) is 7.05 Å². The first kappa shape index (κ1) is 21.6. The van der Waals surface area contributed by atoms with E-state index >= 15 is 0 Å². The van der Waals surface area contributed by atoms with Crippen LogP contribution in [0.25, 0.3) is 11.3 Å². The first-order valence-corrected chi connectivity index (χ1v) is 9.47. The van der Waals surface area contributed by atoms with Crippen molar-refractivity contribution >= 4 is 17.5 Å². The van der Waals surface area contributed by atoms with Gasteiger partial charge in [0.25, 0.3) is 5.91 Å². The molecule has 2 N–H and O–H groups in total. The molecule has 0 saturated carbocycles. The number of aromatic nitrogens is 2. The van der Waals surface area contributed by atoms with Crippen molar-refractivity contribution in [3.05, 3.63) is 66.1 Å². The molecule has 3 rings (SSSR count). The third kappa shape index (κ3) is 6.18. The van der Waals surface area contributed by atoms with Gasteiger partial charge in [0.2, 0.25) is 5.91 Å². The van der Waals surface area contributed by atoms with Crippen molar-refractivity contribution < 1.29 is 18.7 Å². The molecule has 0 aliphatic rings. The molecule has 0 unspecified atom stereocenters. The third-order valence-corrected chi connectivity index (χ3v) is 4.18. The molecule has 0 aliphatic carbocycles. The number of nitrogens with one attached hydrogen (secondary N) is 2. The number of nitrogens with zero attached hydrogens (tertiary/aromatic N) is 2. The molecule has 7 nitrogen and oxygen atoms in total. The van der Waals surface area contributed by atoms with Gasteiger partial charge in [-0.25, -0.2) is 4.39 Å². The number of rotatable bonds is 6. The Morgan fingerprint density at radius 1 is 1.13 bits per heavy atom. The average molecular weight is 420 g/mol. The summed E-state index contributed by atoms with van der Waals surface area (Å²) in [5.41, 5.74) is 2.30. The highest BCUT2D eigenvalue weighted by atomic mass is 19.1. The summed E-state index contributed by atoms with van der Waals surface area (Å²) in [6, 6.07) is 14.5. The maximum atomic E-state index is 13.1. The molecule has 1 aromatic heterocycles. The standard InChI is InChI=1S/C23H21FN4O3/c1-16(29)26-19-6-5-7-20(14-19)31-13-4-3-12-25-23(30)22-15-21(27-28(22)2)17-8-10-18(24)11-9-17/h5-11,14-15H,12-13H2,1-2H3,(H,25,30)(H,26,29). The monoisotopic (exact) mass is 420 g/mol. The van der Waals surface area contributed by atoms with E-state index in [1.807, 2.05) is 0 Å². The van der Waals surface area contributed by atoms with Crippen LogP contribution >= 0.6 is 0 Å². The molecule has 2 amide bonds. The first-order chi connectivity index (χ1) is 14.9. The van der Waals surface area contributed by atoms with Gasteiger partial charge in [0, 0.05) is 31.3 Å². The second-order valence-electron chi connectivity index (χ2n) is 6.58. The molecule has 0 saturated heterocycles. The highest BCUT2D eigenvalue weighted by molar-refractivity contribution is 5.93. The van der Waals surface area contributed by atoms with Crippen LogP contribution in [-0.4, -0.2) is 34.7 Å². The van der Waals surface area contributed by atoms with Gasteiger partial charge in [-0.15, -0.1) is 0 Å². The van der Waals surface area contributed by atoms with Crippen molar-refractivity contribution in [1.29, 1.82) is 0 Å².